The largest absolute Gasteiger partial charge is 0.369 e. The van der Waals surface area contributed by atoms with E-state index < -0.39 is 11.8 Å². The van der Waals surface area contributed by atoms with Crippen LogP contribution in [0.15, 0.2) is 35.9 Å². The van der Waals surface area contributed by atoms with Crippen LogP contribution >= 0.6 is 47.0 Å². The van der Waals surface area contributed by atoms with Crippen LogP contribution in [0, 0.1) is 0 Å². The quantitative estimate of drug-likeness (QED) is 0.290. The summed E-state index contributed by atoms with van der Waals surface area (Å²) in [6.07, 6.45) is 2.46. The summed E-state index contributed by atoms with van der Waals surface area (Å²) in [4.78, 5) is 29.5. The number of carbonyl (C=O) groups excluding carboxylic acids is 2. The monoisotopic (exact) mass is 521 g/mol. The number of hydrogen-bond donors (Lipinski definition) is 1. The Hall–Kier alpha value is -2.12. The zero-order valence-corrected chi connectivity index (χ0v) is 21.6. The Balaban J connectivity index is 1.79. The number of fused-ring (bicyclic) bond motifs is 1. The minimum absolute atomic E-state index is 0.0125. The molecule has 0 bridgehead atoms. The van der Waals surface area contributed by atoms with Gasteiger partial charge in [0, 0.05) is 23.3 Å². The molecule has 2 amide bonds. The van der Waals surface area contributed by atoms with Crippen LogP contribution in [0.5, 0.6) is 0 Å². The first-order valence-electron chi connectivity index (χ1n) is 10.3. The SMILES string of the molecule is CC1CC(C)(C)N(C)c2cc(Cl)c(/C=C3/C(=O)NC(=S)N(c4cccc(Cl)c4Cl)C3=O)cc21. The first kappa shape index (κ1) is 24.0. The molecule has 2 aromatic carbocycles. The molecule has 33 heavy (non-hydrogen) atoms. The van der Waals surface area contributed by atoms with E-state index in [1.807, 2.05) is 19.2 Å². The van der Waals surface area contributed by atoms with Crippen molar-refractivity contribution in [3.63, 3.8) is 0 Å². The predicted molar refractivity (Wildman–Crippen MR) is 140 cm³/mol. The van der Waals surface area contributed by atoms with Crippen molar-refractivity contribution in [1.29, 1.82) is 0 Å². The maximum Gasteiger partial charge on any atom is 0.270 e. The molecule has 4 rings (SSSR count). The van der Waals surface area contributed by atoms with E-state index >= 15 is 0 Å². The standard InChI is InChI=1S/C24H22Cl3N3O2S/c1-12-11-24(2,3)29(4)19-10-17(26)13(8-14(12)19)9-15-21(31)28-23(33)30(22(15)32)18-7-5-6-16(25)20(18)27/h5-10,12H,11H2,1-4H3,(H,28,31,33)/b15-9-. The summed E-state index contributed by atoms with van der Waals surface area (Å²) in [7, 11) is 2.05. The van der Waals surface area contributed by atoms with Crippen molar-refractivity contribution in [3.05, 3.63) is 62.1 Å². The van der Waals surface area contributed by atoms with Crippen LogP contribution in [0.1, 0.15) is 44.2 Å². The number of nitrogens with zero attached hydrogens (tertiary/aromatic N) is 2. The van der Waals surface area contributed by atoms with Gasteiger partial charge in [0.25, 0.3) is 11.8 Å². The molecule has 2 aromatic rings. The molecule has 0 radical (unpaired) electrons. The van der Waals surface area contributed by atoms with E-state index in [1.54, 1.807) is 18.2 Å². The van der Waals surface area contributed by atoms with Gasteiger partial charge in [-0.2, -0.15) is 0 Å². The van der Waals surface area contributed by atoms with Gasteiger partial charge in [0.2, 0.25) is 0 Å². The highest BCUT2D eigenvalue weighted by molar-refractivity contribution is 7.80. The van der Waals surface area contributed by atoms with Gasteiger partial charge in [-0.1, -0.05) is 47.8 Å². The highest BCUT2D eigenvalue weighted by Gasteiger charge is 2.37. The Bertz CT molecular complexity index is 1240. The molecule has 1 N–H and O–H groups in total. The zero-order chi connectivity index (χ0) is 24.2. The van der Waals surface area contributed by atoms with Gasteiger partial charge in [-0.05, 0) is 79.9 Å². The molecule has 9 heteroatoms. The molecule has 5 nitrogen and oxygen atoms in total. The van der Waals surface area contributed by atoms with Gasteiger partial charge in [-0.25, -0.2) is 0 Å². The van der Waals surface area contributed by atoms with Crippen LogP contribution in [0.4, 0.5) is 11.4 Å². The van der Waals surface area contributed by atoms with Crippen molar-refractivity contribution >= 4 is 81.4 Å². The third-order valence-corrected chi connectivity index (χ3v) is 7.75. The second-order valence-corrected chi connectivity index (χ2v) is 10.5. The van der Waals surface area contributed by atoms with Crippen molar-refractivity contribution in [1.82, 2.24) is 5.32 Å². The minimum atomic E-state index is -0.604. The molecule has 2 aliphatic heterocycles. The maximum atomic E-state index is 13.4. The van der Waals surface area contributed by atoms with Gasteiger partial charge in [-0.3, -0.25) is 19.8 Å². The van der Waals surface area contributed by atoms with Crippen LogP contribution in [0.3, 0.4) is 0 Å². The first-order chi connectivity index (χ1) is 15.4. The average molecular weight is 523 g/mol. The number of rotatable bonds is 2. The molecule has 1 saturated heterocycles. The summed E-state index contributed by atoms with van der Waals surface area (Å²) in [5.41, 5.74) is 2.92. The summed E-state index contributed by atoms with van der Waals surface area (Å²) in [5, 5.41) is 3.37. The van der Waals surface area contributed by atoms with E-state index in [2.05, 4.69) is 31.0 Å². The van der Waals surface area contributed by atoms with E-state index in [9.17, 15) is 9.59 Å². The molecule has 0 spiro atoms. The molecular weight excluding hydrogens is 501 g/mol. The molecule has 0 aliphatic carbocycles. The number of benzene rings is 2. The minimum Gasteiger partial charge on any atom is -0.369 e. The number of carbonyl (C=O) groups is 2. The Morgan fingerprint density at radius 1 is 1.12 bits per heavy atom. The van der Waals surface area contributed by atoms with E-state index in [4.69, 9.17) is 47.0 Å². The molecule has 2 heterocycles. The van der Waals surface area contributed by atoms with E-state index in [1.165, 1.54) is 11.0 Å². The number of thiocarbonyl (C=S) groups is 1. The maximum absolute atomic E-state index is 13.4. The van der Waals surface area contributed by atoms with Crippen LogP contribution in [0.25, 0.3) is 6.08 Å². The first-order valence-corrected chi connectivity index (χ1v) is 11.9. The van der Waals surface area contributed by atoms with Crippen LogP contribution in [0.2, 0.25) is 15.1 Å². The Kier molecular flexibility index (Phi) is 6.25. The van der Waals surface area contributed by atoms with Gasteiger partial charge in [0.1, 0.15) is 5.57 Å². The van der Waals surface area contributed by atoms with Crippen LogP contribution in [-0.2, 0) is 9.59 Å². The van der Waals surface area contributed by atoms with Crippen molar-refractivity contribution in [2.75, 3.05) is 16.8 Å². The Morgan fingerprint density at radius 2 is 1.82 bits per heavy atom. The third-order valence-electron chi connectivity index (χ3n) is 6.33. The number of halogens is 3. The fourth-order valence-electron chi connectivity index (χ4n) is 4.41. The van der Waals surface area contributed by atoms with Crippen molar-refractivity contribution < 1.29 is 9.59 Å². The lowest BCUT2D eigenvalue weighted by Gasteiger charge is -2.45. The van der Waals surface area contributed by atoms with Crippen molar-refractivity contribution in [2.45, 2.75) is 38.6 Å². The summed E-state index contributed by atoms with van der Waals surface area (Å²) >= 11 is 24.3. The van der Waals surface area contributed by atoms with Crippen LogP contribution in [-0.4, -0.2) is 29.5 Å². The van der Waals surface area contributed by atoms with Gasteiger partial charge in [0.05, 0.1) is 15.7 Å². The molecule has 0 aromatic heterocycles. The lowest BCUT2D eigenvalue weighted by Crippen LogP contribution is -2.54. The van der Waals surface area contributed by atoms with Crippen molar-refractivity contribution in [2.24, 2.45) is 0 Å². The van der Waals surface area contributed by atoms with Gasteiger partial charge in [0.15, 0.2) is 5.11 Å². The van der Waals surface area contributed by atoms with Gasteiger partial charge in [-0.15, -0.1) is 0 Å². The average Bonchev–Trinajstić information content (AvgIpc) is 2.72. The normalized spacial score (nSPS) is 21.4. The summed E-state index contributed by atoms with van der Waals surface area (Å²) in [5.74, 6) is -0.918. The van der Waals surface area contributed by atoms with Gasteiger partial charge >= 0.3 is 0 Å². The van der Waals surface area contributed by atoms with E-state index in [0.717, 1.165) is 17.7 Å². The second-order valence-electron chi connectivity index (χ2n) is 8.94. The lowest BCUT2D eigenvalue weighted by molar-refractivity contribution is -0.122. The topological polar surface area (TPSA) is 52.7 Å². The fraction of sp³-hybridized carbons (Fsp3) is 0.292. The molecule has 1 atom stereocenters. The summed E-state index contributed by atoms with van der Waals surface area (Å²) in [6.45, 7) is 6.55. The lowest BCUT2D eigenvalue weighted by atomic mass is 9.80. The molecule has 172 valence electrons. The Labute approximate surface area is 213 Å². The molecule has 0 saturated carbocycles. The Morgan fingerprint density at radius 3 is 2.52 bits per heavy atom. The number of nitrogens with one attached hydrogen (secondary N) is 1. The van der Waals surface area contributed by atoms with Crippen LogP contribution < -0.4 is 15.1 Å². The summed E-state index contributed by atoms with van der Waals surface area (Å²) in [6, 6.07) is 8.71. The molecule has 1 unspecified atom stereocenters. The van der Waals surface area contributed by atoms with Crippen molar-refractivity contribution in [3.8, 4) is 0 Å². The third kappa shape index (κ3) is 4.14. The van der Waals surface area contributed by atoms with E-state index in [-0.39, 0.29) is 32.2 Å². The highest BCUT2D eigenvalue weighted by atomic mass is 35.5. The molecule has 2 aliphatic rings. The smallest absolute Gasteiger partial charge is 0.270 e. The molecular formula is C24H22Cl3N3O2S. The fourth-order valence-corrected chi connectivity index (χ4v) is 5.28. The van der Waals surface area contributed by atoms with E-state index in [0.29, 0.717) is 16.3 Å². The van der Waals surface area contributed by atoms with Gasteiger partial charge < -0.3 is 4.90 Å². The highest BCUT2D eigenvalue weighted by Crippen LogP contribution is 2.44. The predicted octanol–water partition coefficient (Wildman–Crippen LogP) is 6.20. The number of anilines is 2. The number of amides is 2. The molecule has 1 fully saturated rings. The second kappa shape index (κ2) is 8.58. The summed E-state index contributed by atoms with van der Waals surface area (Å²) < 4.78 is 0. The zero-order valence-electron chi connectivity index (χ0n) is 18.5. The number of hydrogen-bond acceptors (Lipinski definition) is 4.